The molecule has 0 radical (unpaired) electrons. The number of hydrogen-bond acceptors (Lipinski definition) is 4. The summed E-state index contributed by atoms with van der Waals surface area (Å²) in [7, 11) is -8.26. The van der Waals surface area contributed by atoms with Crippen LogP contribution in [-0.2, 0) is 20.0 Å². The molecule has 2 aromatic rings. The zero-order valence-electron chi connectivity index (χ0n) is 15.2. The summed E-state index contributed by atoms with van der Waals surface area (Å²) >= 11 is 0. The van der Waals surface area contributed by atoms with Gasteiger partial charge in [-0.1, -0.05) is 12.8 Å². The maximum Gasteiger partial charge on any atom is 0.264 e. The number of nitrogens with one attached hydrogen (secondary N) is 1. The van der Waals surface area contributed by atoms with E-state index in [-0.39, 0.29) is 10.6 Å². The molecule has 0 aromatic heterocycles. The molecule has 0 amide bonds. The number of nitrogens with zero attached hydrogens (tertiary/aromatic N) is 1. The van der Waals surface area contributed by atoms with Crippen molar-refractivity contribution in [1.82, 2.24) is 4.31 Å². The highest BCUT2D eigenvalue weighted by Gasteiger charge is 2.26. The Morgan fingerprint density at radius 3 is 1.93 bits per heavy atom. The van der Waals surface area contributed by atoms with E-state index < -0.39 is 42.4 Å². The van der Waals surface area contributed by atoms with Gasteiger partial charge in [-0.2, -0.15) is 4.31 Å². The number of benzene rings is 2. The Balaban J connectivity index is 1.82. The van der Waals surface area contributed by atoms with Gasteiger partial charge in [0.2, 0.25) is 10.0 Å². The molecule has 6 nitrogen and oxygen atoms in total. The van der Waals surface area contributed by atoms with E-state index >= 15 is 0 Å². The average molecular weight is 448 g/mol. The molecule has 0 aliphatic carbocycles. The van der Waals surface area contributed by atoms with E-state index in [2.05, 4.69) is 0 Å². The van der Waals surface area contributed by atoms with Crippen molar-refractivity contribution in [2.24, 2.45) is 0 Å². The fourth-order valence-electron chi connectivity index (χ4n) is 3.05. The van der Waals surface area contributed by atoms with E-state index in [4.69, 9.17) is 0 Å². The smallest absolute Gasteiger partial charge is 0.264 e. The van der Waals surface area contributed by atoms with Crippen LogP contribution in [0.4, 0.5) is 18.9 Å². The van der Waals surface area contributed by atoms with Gasteiger partial charge >= 0.3 is 0 Å². The van der Waals surface area contributed by atoms with Gasteiger partial charge in [-0.15, -0.1) is 0 Å². The monoisotopic (exact) mass is 448 g/mol. The molecule has 1 aliphatic rings. The molecule has 0 atom stereocenters. The Morgan fingerprint density at radius 2 is 1.34 bits per heavy atom. The lowest BCUT2D eigenvalue weighted by Crippen LogP contribution is -2.31. The summed E-state index contributed by atoms with van der Waals surface area (Å²) in [6.45, 7) is 0.845. The standard InChI is InChI=1S/C18H19F3N2O4S2/c19-15-9-10-16(18(21)17(15)20)28(24,25)22-13-5-7-14(8-6-13)29(26,27)23-11-3-1-2-4-12-23/h5-10,22H,1-4,11-12H2. The molecule has 29 heavy (non-hydrogen) atoms. The summed E-state index contributed by atoms with van der Waals surface area (Å²) in [4.78, 5) is -1.06. The summed E-state index contributed by atoms with van der Waals surface area (Å²) in [5.41, 5.74) is -0.0519. The quantitative estimate of drug-likeness (QED) is 0.710. The van der Waals surface area contributed by atoms with Crippen molar-refractivity contribution in [3.8, 4) is 0 Å². The number of halogens is 3. The molecule has 0 spiro atoms. The first-order valence-corrected chi connectivity index (χ1v) is 11.8. The van der Waals surface area contributed by atoms with Gasteiger partial charge < -0.3 is 0 Å². The molecule has 1 aliphatic heterocycles. The van der Waals surface area contributed by atoms with Gasteiger partial charge in [0.25, 0.3) is 10.0 Å². The van der Waals surface area contributed by atoms with Crippen molar-refractivity contribution in [3.05, 3.63) is 53.8 Å². The summed E-state index contributed by atoms with van der Waals surface area (Å²) in [6.07, 6.45) is 3.48. The maximum atomic E-state index is 13.8. The van der Waals surface area contributed by atoms with Gasteiger partial charge in [0.15, 0.2) is 17.5 Å². The van der Waals surface area contributed by atoms with Crippen LogP contribution in [-0.4, -0.2) is 34.2 Å². The first-order valence-electron chi connectivity index (χ1n) is 8.89. The second-order valence-corrected chi connectivity index (χ2v) is 10.2. The van der Waals surface area contributed by atoms with Crippen molar-refractivity contribution in [3.63, 3.8) is 0 Å². The van der Waals surface area contributed by atoms with Crippen LogP contribution in [0.2, 0.25) is 0 Å². The van der Waals surface area contributed by atoms with Crippen molar-refractivity contribution < 1.29 is 30.0 Å². The molecule has 1 saturated heterocycles. The van der Waals surface area contributed by atoms with E-state index in [1.165, 1.54) is 28.6 Å². The number of anilines is 1. The highest BCUT2D eigenvalue weighted by atomic mass is 32.2. The van der Waals surface area contributed by atoms with Crippen molar-refractivity contribution in [2.45, 2.75) is 35.5 Å². The Kier molecular flexibility index (Phi) is 6.20. The average Bonchev–Trinajstić information content (AvgIpc) is 2.96. The summed E-state index contributed by atoms with van der Waals surface area (Å²) < 4.78 is 93.6. The van der Waals surface area contributed by atoms with Crippen LogP contribution in [0.3, 0.4) is 0 Å². The van der Waals surface area contributed by atoms with Crippen LogP contribution in [0.25, 0.3) is 0 Å². The highest BCUT2D eigenvalue weighted by molar-refractivity contribution is 7.92. The van der Waals surface area contributed by atoms with Crippen LogP contribution in [0.1, 0.15) is 25.7 Å². The molecule has 3 rings (SSSR count). The number of sulfonamides is 2. The van der Waals surface area contributed by atoms with Crippen LogP contribution < -0.4 is 4.72 Å². The Bertz CT molecular complexity index is 1100. The Hall–Kier alpha value is -2.11. The fourth-order valence-corrected chi connectivity index (χ4v) is 5.70. The normalized spacial score (nSPS) is 16.4. The van der Waals surface area contributed by atoms with Crippen molar-refractivity contribution in [2.75, 3.05) is 17.8 Å². The zero-order valence-corrected chi connectivity index (χ0v) is 16.9. The second-order valence-electron chi connectivity index (χ2n) is 6.62. The van der Waals surface area contributed by atoms with Gasteiger partial charge in [-0.25, -0.2) is 30.0 Å². The predicted molar refractivity (Wildman–Crippen MR) is 101 cm³/mol. The topological polar surface area (TPSA) is 83.5 Å². The third kappa shape index (κ3) is 4.57. The molecule has 1 fully saturated rings. The third-order valence-corrected chi connectivity index (χ3v) is 7.91. The lowest BCUT2D eigenvalue weighted by molar-refractivity contribution is 0.424. The molecule has 0 bridgehead atoms. The lowest BCUT2D eigenvalue weighted by atomic mass is 10.2. The molecule has 0 unspecified atom stereocenters. The molecular weight excluding hydrogens is 429 g/mol. The van der Waals surface area contributed by atoms with Crippen LogP contribution in [0, 0.1) is 17.5 Å². The van der Waals surface area contributed by atoms with Gasteiger partial charge in [-0.05, 0) is 49.2 Å². The minimum absolute atomic E-state index is 0.00125. The fraction of sp³-hybridized carbons (Fsp3) is 0.333. The van der Waals surface area contributed by atoms with Crippen LogP contribution in [0.5, 0.6) is 0 Å². The molecule has 0 saturated carbocycles. The SMILES string of the molecule is O=S(=O)(Nc1ccc(S(=O)(=O)N2CCCCCC2)cc1)c1ccc(F)c(F)c1F. The van der Waals surface area contributed by atoms with E-state index in [0.717, 1.165) is 25.7 Å². The Morgan fingerprint density at radius 1 is 0.759 bits per heavy atom. The number of hydrogen-bond donors (Lipinski definition) is 1. The minimum Gasteiger partial charge on any atom is -0.280 e. The summed E-state index contributed by atoms with van der Waals surface area (Å²) in [5.74, 6) is -5.24. The zero-order chi connectivity index (χ0) is 21.2. The van der Waals surface area contributed by atoms with E-state index in [1.54, 1.807) is 0 Å². The third-order valence-electron chi connectivity index (χ3n) is 4.60. The van der Waals surface area contributed by atoms with Crippen LogP contribution >= 0.6 is 0 Å². The van der Waals surface area contributed by atoms with Gasteiger partial charge in [0, 0.05) is 18.8 Å². The maximum absolute atomic E-state index is 13.8. The second kappa shape index (κ2) is 8.33. The summed E-state index contributed by atoms with van der Waals surface area (Å²) in [6, 6.07) is 6.00. The van der Waals surface area contributed by atoms with Crippen LogP contribution in [0.15, 0.2) is 46.2 Å². The van der Waals surface area contributed by atoms with Crippen molar-refractivity contribution >= 4 is 25.7 Å². The predicted octanol–water partition coefficient (Wildman–Crippen LogP) is 3.47. The first kappa shape index (κ1) is 21.6. The molecular formula is C18H19F3N2O4S2. The molecule has 158 valence electrons. The van der Waals surface area contributed by atoms with Gasteiger partial charge in [-0.3, -0.25) is 4.72 Å². The van der Waals surface area contributed by atoms with Gasteiger partial charge in [0.1, 0.15) is 4.90 Å². The number of rotatable bonds is 5. The molecule has 2 aromatic carbocycles. The van der Waals surface area contributed by atoms with Crippen molar-refractivity contribution in [1.29, 1.82) is 0 Å². The van der Waals surface area contributed by atoms with E-state index in [0.29, 0.717) is 25.2 Å². The van der Waals surface area contributed by atoms with E-state index in [9.17, 15) is 30.0 Å². The largest absolute Gasteiger partial charge is 0.280 e. The Labute approximate surface area is 167 Å². The highest BCUT2D eigenvalue weighted by Crippen LogP contribution is 2.25. The summed E-state index contributed by atoms with van der Waals surface area (Å²) in [5, 5.41) is 0. The molecule has 11 heteroatoms. The minimum atomic E-state index is -4.55. The first-order chi connectivity index (χ1) is 13.6. The van der Waals surface area contributed by atoms with E-state index in [1.807, 2.05) is 4.72 Å². The van der Waals surface area contributed by atoms with Gasteiger partial charge in [0.05, 0.1) is 4.90 Å². The molecule has 1 N–H and O–H groups in total. The molecule has 1 heterocycles. The lowest BCUT2D eigenvalue weighted by Gasteiger charge is -2.20.